The minimum Gasteiger partial charge on any atom is -0.271 e. The summed E-state index contributed by atoms with van der Waals surface area (Å²) in [6, 6.07) is 1.41. The first-order chi connectivity index (χ1) is 6.77. The number of nitrogens with two attached hydrogens (primary N) is 1. The molecule has 0 aliphatic carbocycles. The molecule has 0 saturated carbocycles. The van der Waals surface area contributed by atoms with E-state index in [2.05, 4.69) is 17.3 Å². The second kappa shape index (κ2) is 5.95. The van der Waals surface area contributed by atoms with Crippen molar-refractivity contribution >= 4 is 11.8 Å². The van der Waals surface area contributed by atoms with Crippen molar-refractivity contribution in [3.05, 3.63) is 29.8 Å². The molecule has 0 bridgehead atoms. The van der Waals surface area contributed by atoms with Crippen molar-refractivity contribution in [2.75, 3.05) is 11.5 Å². The maximum absolute atomic E-state index is 12.8. The Morgan fingerprint density at radius 3 is 3.00 bits per heavy atom. The molecule has 5 heteroatoms. The van der Waals surface area contributed by atoms with Crippen molar-refractivity contribution in [2.45, 2.75) is 13.0 Å². The van der Waals surface area contributed by atoms with Crippen LogP contribution in [0.25, 0.3) is 0 Å². The number of nitrogens with one attached hydrogen (secondary N) is 1. The normalized spacial score (nSPS) is 12.8. The van der Waals surface area contributed by atoms with E-state index in [1.165, 1.54) is 12.3 Å². The van der Waals surface area contributed by atoms with E-state index in [1.54, 1.807) is 18.0 Å². The van der Waals surface area contributed by atoms with Gasteiger partial charge in [0.05, 0.1) is 12.2 Å². The van der Waals surface area contributed by atoms with Gasteiger partial charge in [0, 0.05) is 11.9 Å². The lowest BCUT2D eigenvalue weighted by molar-refractivity contribution is 0.585. The molecule has 78 valence electrons. The molecule has 0 spiro atoms. The minimum absolute atomic E-state index is 0.0388. The van der Waals surface area contributed by atoms with Gasteiger partial charge < -0.3 is 0 Å². The van der Waals surface area contributed by atoms with E-state index in [4.69, 9.17) is 5.84 Å². The first-order valence-corrected chi connectivity index (χ1v) is 5.57. The third-order valence-corrected chi connectivity index (χ3v) is 2.80. The zero-order valence-electron chi connectivity index (χ0n) is 8.03. The molecule has 0 aliphatic rings. The summed E-state index contributed by atoms with van der Waals surface area (Å²) in [4.78, 5) is 3.78. The number of hydrogen-bond donors (Lipinski definition) is 2. The van der Waals surface area contributed by atoms with Gasteiger partial charge in [0.1, 0.15) is 5.82 Å². The summed E-state index contributed by atoms with van der Waals surface area (Å²) in [5, 5.41) is 0. The van der Waals surface area contributed by atoms with Gasteiger partial charge in [0.2, 0.25) is 0 Å². The van der Waals surface area contributed by atoms with E-state index in [9.17, 15) is 4.39 Å². The molecule has 1 aromatic rings. The Hall–Kier alpha value is -0.650. The van der Waals surface area contributed by atoms with Crippen LogP contribution in [0.3, 0.4) is 0 Å². The second-order valence-electron chi connectivity index (χ2n) is 2.82. The lowest BCUT2D eigenvalue weighted by Crippen LogP contribution is -2.29. The van der Waals surface area contributed by atoms with E-state index < -0.39 is 0 Å². The molecule has 1 atom stereocenters. The molecule has 0 saturated heterocycles. The van der Waals surface area contributed by atoms with E-state index >= 15 is 0 Å². The number of nitrogens with zero attached hydrogens (tertiary/aromatic N) is 1. The van der Waals surface area contributed by atoms with Crippen LogP contribution in [0, 0.1) is 5.82 Å². The van der Waals surface area contributed by atoms with Crippen LogP contribution in [-0.4, -0.2) is 16.5 Å². The molecular weight excluding hydrogens is 201 g/mol. The molecule has 0 aromatic carbocycles. The third-order valence-electron chi connectivity index (χ3n) is 1.82. The SMILES string of the molecule is CCSCC(NN)c1cncc(F)c1. The molecule has 0 aliphatic heterocycles. The summed E-state index contributed by atoms with van der Waals surface area (Å²) in [6.07, 6.45) is 2.81. The predicted molar refractivity (Wildman–Crippen MR) is 57.3 cm³/mol. The average molecular weight is 215 g/mol. The van der Waals surface area contributed by atoms with Gasteiger partial charge in [-0.25, -0.2) is 4.39 Å². The Morgan fingerprint density at radius 1 is 1.64 bits per heavy atom. The van der Waals surface area contributed by atoms with Crippen LogP contribution >= 0.6 is 11.8 Å². The van der Waals surface area contributed by atoms with Crippen LogP contribution in [0.1, 0.15) is 18.5 Å². The number of halogens is 1. The Balaban J connectivity index is 2.68. The van der Waals surface area contributed by atoms with Gasteiger partial charge in [0.25, 0.3) is 0 Å². The number of hydrazine groups is 1. The zero-order valence-corrected chi connectivity index (χ0v) is 8.85. The fraction of sp³-hybridized carbons (Fsp3) is 0.444. The standard InChI is InChI=1S/C9H14FN3S/c1-2-14-6-9(13-11)7-3-8(10)5-12-4-7/h3-5,9,13H,2,6,11H2,1H3. The average Bonchev–Trinajstić information content (AvgIpc) is 2.19. The van der Waals surface area contributed by atoms with Crippen LogP contribution in [-0.2, 0) is 0 Å². The van der Waals surface area contributed by atoms with Crippen molar-refractivity contribution in [1.82, 2.24) is 10.4 Å². The van der Waals surface area contributed by atoms with E-state index in [0.29, 0.717) is 0 Å². The zero-order chi connectivity index (χ0) is 10.4. The smallest absolute Gasteiger partial charge is 0.141 e. The fourth-order valence-corrected chi connectivity index (χ4v) is 1.86. The maximum atomic E-state index is 12.8. The van der Waals surface area contributed by atoms with Crippen molar-refractivity contribution < 1.29 is 4.39 Å². The molecule has 0 fully saturated rings. The summed E-state index contributed by atoms with van der Waals surface area (Å²) < 4.78 is 12.8. The molecule has 3 nitrogen and oxygen atoms in total. The molecule has 0 amide bonds. The van der Waals surface area contributed by atoms with Crippen molar-refractivity contribution in [3.8, 4) is 0 Å². The topological polar surface area (TPSA) is 50.9 Å². The highest BCUT2D eigenvalue weighted by Crippen LogP contribution is 2.17. The van der Waals surface area contributed by atoms with Crippen LogP contribution in [0.4, 0.5) is 4.39 Å². The van der Waals surface area contributed by atoms with Crippen LogP contribution in [0.5, 0.6) is 0 Å². The fourth-order valence-electron chi connectivity index (χ4n) is 1.10. The highest BCUT2D eigenvalue weighted by atomic mass is 32.2. The lowest BCUT2D eigenvalue weighted by Gasteiger charge is -2.14. The van der Waals surface area contributed by atoms with E-state index in [-0.39, 0.29) is 11.9 Å². The Labute approximate surface area is 87.3 Å². The molecule has 1 aromatic heterocycles. The molecule has 1 heterocycles. The van der Waals surface area contributed by atoms with Gasteiger partial charge in [-0.1, -0.05) is 6.92 Å². The second-order valence-corrected chi connectivity index (χ2v) is 4.13. The first kappa shape index (κ1) is 11.4. The summed E-state index contributed by atoms with van der Waals surface area (Å²) in [7, 11) is 0. The summed E-state index contributed by atoms with van der Waals surface area (Å²) in [5.41, 5.74) is 3.44. The van der Waals surface area contributed by atoms with Crippen molar-refractivity contribution in [3.63, 3.8) is 0 Å². The van der Waals surface area contributed by atoms with Gasteiger partial charge in [-0.3, -0.25) is 16.3 Å². The molecule has 3 N–H and O–H groups in total. The predicted octanol–water partition coefficient (Wildman–Crippen LogP) is 1.48. The number of pyridine rings is 1. The summed E-state index contributed by atoms with van der Waals surface area (Å²) >= 11 is 1.75. The van der Waals surface area contributed by atoms with Gasteiger partial charge in [-0.05, 0) is 17.4 Å². The maximum Gasteiger partial charge on any atom is 0.141 e. The van der Waals surface area contributed by atoms with Crippen LogP contribution < -0.4 is 11.3 Å². The molecule has 1 rings (SSSR count). The van der Waals surface area contributed by atoms with E-state index in [0.717, 1.165) is 17.1 Å². The quantitative estimate of drug-likeness (QED) is 0.577. The van der Waals surface area contributed by atoms with Gasteiger partial charge in [-0.15, -0.1) is 0 Å². The van der Waals surface area contributed by atoms with Crippen molar-refractivity contribution in [2.24, 2.45) is 5.84 Å². The highest BCUT2D eigenvalue weighted by molar-refractivity contribution is 7.99. The Morgan fingerprint density at radius 2 is 2.43 bits per heavy atom. The van der Waals surface area contributed by atoms with Gasteiger partial charge in [0.15, 0.2) is 0 Å². The number of rotatable bonds is 5. The molecular formula is C9H14FN3S. The van der Waals surface area contributed by atoms with Crippen molar-refractivity contribution in [1.29, 1.82) is 0 Å². The third kappa shape index (κ3) is 3.25. The number of thioether (sulfide) groups is 1. The Kier molecular flexibility index (Phi) is 4.86. The monoisotopic (exact) mass is 215 g/mol. The largest absolute Gasteiger partial charge is 0.271 e. The molecule has 1 unspecified atom stereocenters. The van der Waals surface area contributed by atoms with Gasteiger partial charge >= 0.3 is 0 Å². The minimum atomic E-state index is -0.329. The van der Waals surface area contributed by atoms with Gasteiger partial charge in [-0.2, -0.15) is 11.8 Å². The molecule has 14 heavy (non-hydrogen) atoms. The lowest BCUT2D eigenvalue weighted by atomic mass is 10.1. The van der Waals surface area contributed by atoms with Crippen LogP contribution in [0.15, 0.2) is 18.5 Å². The summed E-state index contributed by atoms with van der Waals surface area (Å²) in [6.45, 7) is 2.07. The summed E-state index contributed by atoms with van der Waals surface area (Å²) in [5.74, 6) is 6.89. The number of hydrogen-bond acceptors (Lipinski definition) is 4. The molecule has 0 radical (unpaired) electrons. The number of aromatic nitrogens is 1. The van der Waals surface area contributed by atoms with Crippen LogP contribution in [0.2, 0.25) is 0 Å². The Bertz CT molecular complexity index is 283. The van der Waals surface area contributed by atoms with E-state index in [1.807, 2.05) is 0 Å². The highest BCUT2D eigenvalue weighted by Gasteiger charge is 2.09. The first-order valence-electron chi connectivity index (χ1n) is 4.42.